The van der Waals surface area contributed by atoms with Crippen molar-refractivity contribution >= 4 is 51.2 Å². The first-order valence-corrected chi connectivity index (χ1v) is 7.84. The summed E-state index contributed by atoms with van der Waals surface area (Å²) in [6, 6.07) is 6.48. The lowest BCUT2D eigenvalue weighted by molar-refractivity contribution is 0.0696. The van der Waals surface area contributed by atoms with Gasteiger partial charge in [-0.2, -0.15) is 0 Å². The Bertz CT molecular complexity index is 661. The van der Waals surface area contributed by atoms with Gasteiger partial charge in [0.25, 0.3) is 0 Å². The molecule has 0 spiro atoms. The third kappa shape index (κ3) is 3.82. The molecule has 0 radical (unpaired) electrons. The van der Waals surface area contributed by atoms with E-state index in [0.29, 0.717) is 12.9 Å². The van der Waals surface area contributed by atoms with Crippen LogP contribution in [0.1, 0.15) is 15.9 Å². The highest BCUT2D eigenvalue weighted by atomic mass is 127. The number of aromatic carboxylic acids is 1. The Hall–Kier alpha value is -0.970. The molecule has 2 rings (SSSR count). The van der Waals surface area contributed by atoms with Crippen LogP contribution >= 0.6 is 45.2 Å². The first kappa shape index (κ1) is 16.4. The molecule has 21 heavy (non-hydrogen) atoms. The number of carboxylic acids is 1. The summed E-state index contributed by atoms with van der Waals surface area (Å²) < 4.78 is 33.6. The fourth-order valence-corrected chi connectivity index (χ4v) is 3.72. The second kappa shape index (κ2) is 6.86. The minimum atomic E-state index is -1.04. The minimum Gasteiger partial charge on any atom is -0.486 e. The van der Waals surface area contributed by atoms with E-state index in [1.165, 1.54) is 18.2 Å². The third-order valence-corrected chi connectivity index (χ3v) is 4.27. The van der Waals surface area contributed by atoms with Gasteiger partial charge in [0.2, 0.25) is 0 Å². The van der Waals surface area contributed by atoms with Crippen LogP contribution in [0.2, 0.25) is 0 Å². The van der Waals surface area contributed by atoms with Crippen LogP contribution in [0, 0.1) is 18.8 Å². The van der Waals surface area contributed by atoms with Crippen LogP contribution in [0.3, 0.4) is 0 Å². The largest absolute Gasteiger partial charge is 0.486 e. The molecule has 7 heteroatoms. The number of halogens is 4. The summed E-state index contributed by atoms with van der Waals surface area (Å²) in [7, 11) is 0. The van der Waals surface area contributed by atoms with E-state index in [1.54, 1.807) is 0 Å². The summed E-state index contributed by atoms with van der Waals surface area (Å²) in [6.07, 6.45) is 0. The van der Waals surface area contributed by atoms with Gasteiger partial charge in [0, 0.05) is 0 Å². The second-order valence-electron chi connectivity index (χ2n) is 4.06. The van der Waals surface area contributed by atoms with E-state index < -0.39 is 17.6 Å². The zero-order chi connectivity index (χ0) is 15.6. The zero-order valence-corrected chi connectivity index (χ0v) is 14.7. The molecule has 110 valence electrons. The normalized spacial score (nSPS) is 10.5. The summed E-state index contributed by atoms with van der Waals surface area (Å²) in [6.45, 7) is -0.267. The number of ether oxygens (including phenoxy) is 1. The molecule has 0 atom stereocenters. The Labute approximate surface area is 146 Å². The zero-order valence-electron chi connectivity index (χ0n) is 10.4. The van der Waals surface area contributed by atoms with E-state index in [4.69, 9.17) is 9.84 Å². The standard InChI is InChI=1S/C14H8F2I2O3/c15-9-2-1-3-10(16)8(9)6-21-13-11(17)4-7(14(19)20)5-12(13)18/h1-5H,6H2,(H,19,20). The summed E-state index contributed by atoms with van der Waals surface area (Å²) >= 11 is 3.85. The minimum absolute atomic E-state index is 0.133. The number of benzene rings is 2. The number of carbonyl (C=O) groups is 1. The Morgan fingerprint density at radius 3 is 2.14 bits per heavy atom. The van der Waals surface area contributed by atoms with E-state index in [2.05, 4.69) is 0 Å². The van der Waals surface area contributed by atoms with Crippen molar-refractivity contribution in [3.63, 3.8) is 0 Å². The fraction of sp³-hybridized carbons (Fsp3) is 0.0714. The molecule has 0 unspecified atom stereocenters. The molecule has 1 N–H and O–H groups in total. The molecule has 2 aromatic carbocycles. The van der Waals surface area contributed by atoms with Crippen LogP contribution in [-0.2, 0) is 6.61 Å². The highest BCUT2D eigenvalue weighted by Gasteiger charge is 2.15. The molecule has 0 amide bonds. The van der Waals surface area contributed by atoms with Crippen molar-refractivity contribution in [3.8, 4) is 5.75 Å². The molecule has 0 aromatic heterocycles. The average molecular weight is 516 g/mol. The average Bonchev–Trinajstić information content (AvgIpc) is 2.40. The Kier molecular flexibility index (Phi) is 5.36. The van der Waals surface area contributed by atoms with Crippen molar-refractivity contribution in [2.75, 3.05) is 0 Å². The second-order valence-corrected chi connectivity index (χ2v) is 6.39. The van der Waals surface area contributed by atoms with Gasteiger partial charge in [-0.15, -0.1) is 0 Å². The number of hydrogen-bond donors (Lipinski definition) is 1. The van der Waals surface area contributed by atoms with Crippen LogP contribution in [0.4, 0.5) is 8.78 Å². The highest BCUT2D eigenvalue weighted by Crippen LogP contribution is 2.30. The van der Waals surface area contributed by atoms with E-state index in [-0.39, 0.29) is 17.7 Å². The Balaban J connectivity index is 2.27. The van der Waals surface area contributed by atoms with Crippen LogP contribution in [-0.4, -0.2) is 11.1 Å². The first-order chi connectivity index (χ1) is 9.90. The van der Waals surface area contributed by atoms with Gasteiger partial charge in [-0.05, 0) is 69.4 Å². The van der Waals surface area contributed by atoms with Gasteiger partial charge >= 0.3 is 5.97 Å². The van der Waals surface area contributed by atoms with Crippen molar-refractivity contribution in [3.05, 3.63) is 60.2 Å². The van der Waals surface area contributed by atoms with Gasteiger partial charge in [0.15, 0.2) is 0 Å². The number of rotatable bonds is 4. The van der Waals surface area contributed by atoms with Crippen LogP contribution < -0.4 is 4.74 Å². The predicted octanol–water partition coefficient (Wildman–Crippen LogP) is 4.45. The molecule has 0 saturated carbocycles. The maximum atomic E-state index is 13.5. The third-order valence-electron chi connectivity index (χ3n) is 2.67. The highest BCUT2D eigenvalue weighted by molar-refractivity contribution is 14.1. The fourth-order valence-electron chi connectivity index (χ4n) is 1.64. The van der Waals surface area contributed by atoms with E-state index in [1.807, 2.05) is 45.2 Å². The summed E-state index contributed by atoms with van der Waals surface area (Å²) in [5.74, 6) is -1.99. The lowest BCUT2D eigenvalue weighted by Gasteiger charge is -2.12. The molecular weight excluding hydrogens is 508 g/mol. The van der Waals surface area contributed by atoms with Crippen molar-refractivity contribution < 1.29 is 23.4 Å². The Morgan fingerprint density at radius 1 is 1.14 bits per heavy atom. The van der Waals surface area contributed by atoms with Crippen molar-refractivity contribution in [2.45, 2.75) is 6.61 Å². The molecule has 0 fully saturated rings. The molecule has 2 aromatic rings. The molecule has 0 aliphatic carbocycles. The van der Waals surface area contributed by atoms with Crippen molar-refractivity contribution in [1.29, 1.82) is 0 Å². The van der Waals surface area contributed by atoms with Gasteiger partial charge < -0.3 is 9.84 Å². The molecule has 0 heterocycles. The van der Waals surface area contributed by atoms with Gasteiger partial charge in [-0.25, -0.2) is 13.6 Å². The van der Waals surface area contributed by atoms with Crippen LogP contribution in [0.25, 0.3) is 0 Å². The maximum Gasteiger partial charge on any atom is 0.335 e. The van der Waals surface area contributed by atoms with Gasteiger partial charge in [-0.3, -0.25) is 0 Å². The van der Waals surface area contributed by atoms with Gasteiger partial charge in [0.1, 0.15) is 24.0 Å². The SMILES string of the molecule is O=C(O)c1cc(I)c(OCc2c(F)cccc2F)c(I)c1. The molecular formula is C14H8F2I2O3. The van der Waals surface area contributed by atoms with Gasteiger partial charge in [-0.1, -0.05) is 6.07 Å². The molecule has 0 aliphatic heterocycles. The van der Waals surface area contributed by atoms with E-state index in [0.717, 1.165) is 12.1 Å². The summed E-state index contributed by atoms with van der Waals surface area (Å²) in [5.41, 5.74) is -0.0281. The van der Waals surface area contributed by atoms with E-state index in [9.17, 15) is 13.6 Å². The van der Waals surface area contributed by atoms with Gasteiger partial charge in [0.05, 0.1) is 18.3 Å². The lowest BCUT2D eigenvalue weighted by Crippen LogP contribution is -2.05. The number of carboxylic acid groups (broad SMARTS) is 1. The van der Waals surface area contributed by atoms with E-state index >= 15 is 0 Å². The molecule has 3 nitrogen and oxygen atoms in total. The smallest absolute Gasteiger partial charge is 0.335 e. The summed E-state index contributed by atoms with van der Waals surface area (Å²) in [5, 5.41) is 8.96. The first-order valence-electron chi connectivity index (χ1n) is 5.68. The molecule has 0 aliphatic rings. The van der Waals surface area contributed by atoms with Crippen LogP contribution in [0.15, 0.2) is 30.3 Å². The predicted molar refractivity (Wildman–Crippen MR) is 89.5 cm³/mol. The molecule has 0 bridgehead atoms. The monoisotopic (exact) mass is 516 g/mol. The Morgan fingerprint density at radius 2 is 1.67 bits per heavy atom. The quantitative estimate of drug-likeness (QED) is 0.612. The summed E-state index contributed by atoms with van der Waals surface area (Å²) in [4.78, 5) is 10.9. The topological polar surface area (TPSA) is 46.5 Å². The molecule has 0 saturated heterocycles. The van der Waals surface area contributed by atoms with Crippen molar-refractivity contribution in [1.82, 2.24) is 0 Å². The lowest BCUT2D eigenvalue weighted by atomic mass is 10.2. The van der Waals surface area contributed by atoms with Crippen molar-refractivity contribution in [2.24, 2.45) is 0 Å². The van der Waals surface area contributed by atoms with Crippen LogP contribution in [0.5, 0.6) is 5.75 Å². The maximum absolute atomic E-state index is 13.5. The number of hydrogen-bond acceptors (Lipinski definition) is 2.